The molecule has 0 amide bonds. The fraction of sp³-hybridized carbons (Fsp3) is 0.529. The van der Waals surface area contributed by atoms with Gasteiger partial charge in [-0.3, -0.25) is 15.0 Å². The van der Waals surface area contributed by atoms with Gasteiger partial charge in [-0.2, -0.15) is 0 Å². The average Bonchev–Trinajstić information content (AvgIpc) is 2.60. The molecule has 122 valence electrons. The molecule has 0 bridgehead atoms. The van der Waals surface area contributed by atoms with Crippen LogP contribution in [0.2, 0.25) is 0 Å². The van der Waals surface area contributed by atoms with Crippen LogP contribution < -0.4 is 9.64 Å². The summed E-state index contributed by atoms with van der Waals surface area (Å²) in [5, 5.41) is 11.4. The molecule has 1 unspecified atom stereocenters. The summed E-state index contributed by atoms with van der Waals surface area (Å²) >= 11 is 0. The molecular formula is C17H21N2O4+. The molecular weight excluding hydrogens is 296 g/mol. The zero-order chi connectivity index (χ0) is 15.9. The van der Waals surface area contributed by atoms with Crippen molar-refractivity contribution < 1.29 is 19.3 Å². The predicted octanol–water partition coefficient (Wildman–Crippen LogP) is 1.56. The van der Waals surface area contributed by atoms with Gasteiger partial charge in [-0.1, -0.05) is 12.1 Å². The third-order valence-electron chi connectivity index (χ3n) is 5.24. The number of nitrogens with zero attached hydrogens (tertiary/aromatic N) is 1. The van der Waals surface area contributed by atoms with Gasteiger partial charge >= 0.3 is 5.69 Å². The summed E-state index contributed by atoms with van der Waals surface area (Å²) in [5.41, 5.74) is 1.74. The van der Waals surface area contributed by atoms with Crippen molar-refractivity contribution in [1.29, 1.82) is 0 Å². The van der Waals surface area contributed by atoms with Crippen LogP contribution in [0.4, 0.5) is 5.69 Å². The number of fused-ring (bicyclic) bond motifs is 2. The summed E-state index contributed by atoms with van der Waals surface area (Å²) in [5.74, 6) is 0.433. The van der Waals surface area contributed by atoms with E-state index in [0.29, 0.717) is 5.75 Å². The molecule has 1 aromatic carbocycles. The van der Waals surface area contributed by atoms with Gasteiger partial charge in [0, 0.05) is 23.6 Å². The molecule has 2 aliphatic heterocycles. The Morgan fingerprint density at radius 2 is 2.04 bits per heavy atom. The van der Waals surface area contributed by atoms with Gasteiger partial charge in [-0.05, 0) is 25.3 Å². The lowest BCUT2D eigenvalue weighted by Gasteiger charge is -2.47. The van der Waals surface area contributed by atoms with Crippen molar-refractivity contribution in [3.63, 3.8) is 0 Å². The molecule has 1 saturated heterocycles. The van der Waals surface area contributed by atoms with E-state index < -0.39 is 5.72 Å². The van der Waals surface area contributed by atoms with E-state index in [9.17, 15) is 10.1 Å². The standard InChI is InChI=1S/C17H20N2O4/c20-19(21)15-6-3-4-13-12-14-5-1-2-7-17(14,23-16(13)15)18-8-10-22-11-9-18/h3-4,6,12H,1-2,5,7-11H2/p+1. The molecule has 23 heavy (non-hydrogen) atoms. The van der Waals surface area contributed by atoms with Gasteiger partial charge in [-0.25, -0.2) is 0 Å². The highest BCUT2D eigenvalue weighted by molar-refractivity contribution is 5.69. The first-order chi connectivity index (χ1) is 11.2. The van der Waals surface area contributed by atoms with Crippen molar-refractivity contribution in [1.82, 2.24) is 0 Å². The first-order valence-corrected chi connectivity index (χ1v) is 8.31. The van der Waals surface area contributed by atoms with Crippen LogP contribution in [0.25, 0.3) is 6.08 Å². The summed E-state index contributed by atoms with van der Waals surface area (Å²) in [7, 11) is 0. The molecule has 6 heteroatoms. The summed E-state index contributed by atoms with van der Waals surface area (Å²) in [4.78, 5) is 12.4. The Bertz CT molecular complexity index is 667. The van der Waals surface area contributed by atoms with Crippen LogP contribution in [0.15, 0.2) is 23.8 Å². The SMILES string of the molecule is O=[N+]([O-])c1cccc2c1OC1([NH+]3CCOCC3)CCCCC1=C2. The molecule has 1 aromatic rings. The van der Waals surface area contributed by atoms with E-state index in [2.05, 4.69) is 6.08 Å². The fourth-order valence-corrected chi connectivity index (χ4v) is 4.13. The largest absolute Gasteiger partial charge is 0.429 e. The van der Waals surface area contributed by atoms with Crippen molar-refractivity contribution in [2.45, 2.75) is 31.4 Å². The summed E-state index contributed by atoms with van der Waals surface area (Å²) < 4.78 is 11.9. The van der Waals surface area contributed by atoms with Crippen molar-refractivity contribution in [3.8, 4) is 5.75 Å². The van der Waals surface area contributed by atoms with Gasteiger partial charge in [0.2, 0.25) is 5.75 Å². The van der Waals surface area contributed by atoms with E-state index in [1.54, 1.807) is 6.07 Å². The normalized spacial score (nSPS) is 27.4. The third-order valence-corrected chi connectivity index (χ3v) is 5.24. The summed E-state index contributed by atoms with van der Waals surface area (Å²) in [6.45, 7) is 3.20. The monoisotopic (exact) mass is 317 g/mol. The molecule has 2 heterocycles. The number of nitro benzene ring substituents is 1. The van der Waals surface area contributed by atoms with Crippen LogP contribution >= 0.6 is 0 Å². The van der Waals surface area contributed by atoms with Gasteiger partial charge in [0.05, 0.1) is 18.1 Å². The molecule has 3 aliphatic rings. The quantitative estimate of drug-likeness (QED) is 0.664. The van der Waals surface area contributed by atoms with E-state index in [-0.39, 0.29) is 10.6 Å². The molecule has 1 atom stereocenters. The zero-order valence-electron chi connectivity index (χ0n) is 13.0. The second kappa shape index (κ2) is 5.62. The van der Waals surface area contributed by atoms with Gasteiger partial charge in [0.25, 0.3) is 5.72 Å². The Morgan fingerprint density at radius 3 is 2.83 bits per heavy atom. The first kappa shape index (κ1) is 14.7. The number of quaternary nitrogens is 1. The number of nitrogens with one attached hydrogen (secondary N) is 1. The van der Waals surface area contributed by atoms with Crippen LogP contribution in [0.3, 0.4) is 0 Å². The minimum atomic E-state index is -0.443. The van der Waals surface area contributed by atoms with Crippen LogP contribution in [-0.2, 0) is 4.74 Å². The number of para-hydroxylation sites is 1. The van der Waals surface area contributed by atoms with Gasteiger partial charge in [0.1, 0.15) is 13.1 Å². The highest BCUT2D eigenvalue weighted by Gasteiger charge is 2.51. The molecule has 1 saturated carbocycles. The maximum Gasteiger partial charge on any atom is 0.311 e. The lowest BCUT2D eigenvalue weighted by atomic mass is 9.82. The van der Waals surface area contributed by atoms with Crippen LogP contribution in [0, 0.1) is 10.1 Å². The van der Waals surface area contributed by atoms with Gasteiger partial charge in [-0.15, -0.1) is 0 Å². The molecule has 1 aliphatic carbocycles. The smallest absolute Gasteiger partial charge is 0.311 e. The Kier molecular flexibility index (Phi) is 3.58. The summed E-state index contributed by atoms with van der Waals surface area (Å²) in [6.07, 6.45) is 6.31. The Balaban J connectivity index is 1.82. The lowest BCUT2D eigenvalue weighted by molar-refractivity contribution is -0.975. The van der Waals surface area contributed by atoms with Crippen molar-refractivity contribution in [3.05, 3.63) is 39.4 Å². The highest BCUT2D eigenvalue weighted by Crippen LogP contribution is 2.44. The number of rotatable bonds is 2. The second-order valence-corrected chi connectivity index (χ2v) is 6.47. The molecule has 0 aromatic heterocycles. The number of nitro groups is 1. The van der Waals surface area contributed by atoms with E-state index in [4.69, 9.17) is 9.47 Å². The second-order valence-electron chi connectivity index (χ2n) is 6.47. The fourth-order valence-electron chi connectivity index (χ4n) is 4.13. The van der Waals surface area contributed by atoms with Gasteiger partial charge < -0.3 is 9.47 Å². The predicted molar refractivity (Wildman–Crippen MR) is 84.4 cm³/mol. The van der Waals surface area contributed by atoms with Gasteiger partial charge in [0.15, 0.2) is 0 Å². The first-order valence-electron chi connectivity index (χ1n) is 8.31. The van der Waals surface area contributed by atoms with E-state index >= 15 is 0 Å². The van der Waals surface area contributed by atoms with E-state index in [1.165, 1.54) is 16.5 Å². The molecule has 0 spiro atoms. The van der Waals surface area contributed by atoms with Crippen LogP contribution in [-0.4, -0.2) is 37.0 Å². The third kappa shape index (κ3) is 2.33. The van der Waals surface area contributed by atoms with E-state index in [1.807, 2.05) is 6.07 Å². The molecule has 1 N–H and O–H groups in total. The van der Waals surface area contributed by atoms with Crippen LogP contribution in [0.1, 0.15) is 31.2 Å². The lowest BCUT2D eigenvalue weighted by Crippen LogP contribution is -3.23. The van der Waals surface area contributed by atoms with Crippen molar-refractivity contribution >= 4 is 11.8 Å². The molecule has 4 rings (SSSR count). The van der Waals surface area contributed by atoms with Crippen molar-refractivity contribution in [2.75, 3.05) is 26.3 Å². The average molecular weight is 317 g/mol. The maximum absolute atomic E-state index is 11.4. The molecule has 6 nitrogen and oxygen atoms in total. The topological polar surface area (TPSA) is 66.0 Å². The van der Waals surface area contributed by atoms with E-state index in [0.717, 1.165) is 57.6 Å². The van der Waals surface area contributed by atoms with Crippen LogP contribution in [0.5, 0.6) is 5.75 Å². The Labute approximate surface area is 134 Å². The number of morpholine rings is 1. The Hall–Kier alpha value is -1.92. The van der Waals surface area contributed by atoms with Crippen molar-refractivity contribution in [2.24, 2.45) is 0 Å². The minimum absolute atomic E-state index is 0.0652. The zero-order valence-corrected chi connectivity index (χ0v) is 13.0. The highest BCUT2D eigenvalue weighted by atomic mass is 16.6. The molecule has 2 fully saturated rings. The minimum Gasteiger partial charge on any atom is -0.429 e. The maximum atomic E-state index is 11.4. The Morgan fingerprint density at radius 1 is 1.22 bits per heavy atom. The number of ether oxygens (including phenoxy) is 2. The number of benzene rings is 1. The number of hydrogen-bond acceptors (Lipinski definition) is 4. The molecule has 0 radical (unpaired) electrons. The summed E-state index contributed by atoms with van der Waals surface area (Å²) in [6, 6.07) is 5.17. The number of hydrogen-bond donors (Lipinski definition) is 1.